The van der Waals surface area contributed by atoms with E-state index in [2.05, 4.69) is 5.32 Å². The summed E-state index contributed by atoms with van der Waals surface area (Å²) in [5.41, 5.74) is 5.28. The fraction of sp³-hybridized carbons (Fsp3) is 0.417. The third-order valence-electron chi connectivity index (χ3n) is 2.34. The monoisotopic (exact) mass is 240 g/mol. The number of hydrogen-bond donors (Lipinski definition) is 2. The van der Waals surface area contributed by atoms with Crippen LogP contribution in [-0.4, -0.2) is 26.1 Å². The largest absolute Gasteiger partial charge is 0.496 e. The third-order valence-corrected chi connectivity index (χ3v) is 2.34. The lowest BCUT2D eigenvalue weighted by Crippen LogP contribution is -2.26. The quantitative estimate of drug-likeness (QED) is 0.737. The predicted molar refractivity (Wildman–Crippen MR) is 63.6 cm³/mol. The van der Waals surface area contributed by atoms with E-state index >= 15 is 0 Å². The predicted octanol–water partition coefficient (Wildman–Crippen LogP) is 1.30. The van der Waals surface area contributed by atoms with Crippen LogP contribution in [0.25, 0.3) is 0 Å². The summed E-state index contributed by atoms with van der Waals surface area (Å²) in [6.07, 6.45) is 1.60. The number of amides is 1. The average Bonchev–Trinajstić information content (AvgIpc) is 2.34. The van der Waals surface area contributed by atoms with Crippen LogP contribution in [-0.2, 0) is 0 Å². The zero-order valence-corrected chi connectivity index (χ0v) is 9.83. The molecule has 0 fully saturated rings. The molecule has 0 aliphatic heterocycles. The molecule has 0 unspecified atom stereocenters. The third kappa shape index (κ3) is 3.71. The second-order valence-corrected chi connectivity index (χ2v) is 3.57. The number of ether oxygens (including phenoxy) is 1. The van der Waals surface area contributed by atoms with Gasteiger partial charge in [0, 0.05) is 6.54 Å². The molecule has 1 aromatic rings. The Balaban J connectivity index is 2.68. The van der Waals surface area contributed by atoms with Gasteiger partial charge in [-0.3, -0.25) is 4.79 Å². The number of hydrogen-bond acceptors (Lipinski definition) is 3. The van der Waals surface area contributed by atoms with E-state index < -0.39 is 11.7 Å². The molecule has 0 saturated carbocycles. The zero-order valence-electron chi connectivity index (χ0n) is 9.83. The molecule has 4 nitrogen and oxygen atoms in total. The van der Waals surface area contributed by atoms with Crippen LogP contribution in [0.4, 0.5) is 4.39 Å². The minimum atomic E-state index is -0.583. The molecule has 0 aliphatic carbocycles. The Bertz CT molecular complexity index is 383. The number of nitrogens with two attached hydrogens (primary N) is 1. The minimum Gasteiger partial charge on any atom is -0.496 e. The summed E-state index contributed by atoms with van der Waals surface area (Å²) in [6.45, 7) is 1.06. The van der Waals surface area contributed by atoms with Gasteiger partial charge in [-0.05, 0) is 31.5 Å². The first-order valence-corrected chi connectivity index (χ1v) is 5.51. The molecule has 0 atom stereocenters. The first-order chi connectivity index (χ1) is 8.20. The Kier molecular flexibility index (Phi) is 5.42. The summed E-state index contributed by atoms with van der Waals surface area (Å²) in [7, 11) is 1.40. The number of nitrogens with one attached hydrogen (secondary N) is 1. The summed E-state index contributed by atoms with van der Waals surface area (Å²) in [6, 6.07) is 4.29. The highest BCUT2D eigenvalue weighted by molar-refractivity contribution is 5.97. The van der Waals surface area contributed by atoms with E-state index in [0.29, 0.717) is 13.1 Å². The lowest BCUT2D eigenvalue weighted by Gasteiger charge is -2.09. The topological polar surface area (TPSA) is 64.3 Å². The molecule has 1 aromatic carbocycles. The van der Waals surface area contributed by atoms with E-state index in [9.17, 15) is 9.18 Å². The number of unbranched alkanes of at least 4 members (excludes halogenated alkanes) is 1. The van der Waals surface area contributed by atoms with Crippen LogP contribution in [0.1, 0.15) is 23.2 Å². The SMILES string of the molecule is COc1cccc(F)c1C(=O)NCCCCN. The van der Waals surface area contributed by atoms with E-state index in [1.54, 1.807) is 6.07 Å². The van der Waals surface area contributed by atoms with Crippen molar-refractivity contribution in [3.63, 3.8) is 0 Å². The zero-order chi connectivity index (χ0) is 12.7. The molecule has 0 saturated heterocycles. The van der Waals surface area contributed by atoms with Gasteiger partial charge in [0.15, 0.2) is 0 Å². The van der Waals surface area contributed by atoms with Gasteiger partial charge in [-0.15, -0.1) is 0 Å². The molecule has 0 radical (unpaired) electrons. The lowest BCUT2D eigenvalue weighted by atomic mass is 10.1. The van der Waals surface area contributed by atoms with Gasteiger partial charge in [0.1, 0.15) is 17.1 Å². The number of methoxy groups -OCH3 is 1. The minimum absolute atomic E-state index is 0.0530. The number of benzene rings is 1. The molecule has 5 heteroatoms. The van der Waals surface area contributed by atoms with Crippen LogP contribution in [0.2, 0.25) is 0 Å². The van der Waals surface area contributed by atoms with Crippen LogP contribution in [0.5, 0.6) is 5.75 Å². The van der Waals surface area contributed by atoms with Gasteiger partial charge in [-0.25, -0.2) is 4.39 Å². The highest BCUT2D eigenvalue weighted by atomic mass is 19.1. The molecular weight excluding hydrogens is 223 g/mol. The fourth-order valence-electron chi connectivity index (χ4n) is 1.45. The molecule has 94 valence electrons. The molecule has 1 rings (SSSR count). The van der Waals surface area contributed by atoms with Gasteiger partial charge < -0.3 is 15.8 Å². The molecule has 0 spiro atoms. The van der Waals surface area contributed by atoms with Crippen molar-refractivity contribution < 1.29 is 13.9 Å². The molecular formula is C12H17FN2O2. The van der Waals surface area contributed by atoms with Crippen LogP contribution in [0.15, 0.2) is 18.2 Å². The maximum absolute atomic E-state index is 13.5. The van der Waals surface area contributed by atoms with Crippen LogP contribution in [0.3, 0.4) is 0 Å². The van der Waals surface area contributed by atoms with Gasteiger partial charge in [0.2, 0.25) is 0 Å². The molecule has 0 bridgehead atoms. The number of halogens is 1. The Labute approximate surface area is 100.0 Å². The van der Waals surface area contributed by atoms with Gasteiger partial charge >= 0.3 is 0 Å². The van der Waals surface area contributed by atoms with Gasteiger partial charge in [0.25, 0.3) is 5.91 Å². The Morgan fingerprint density at radius 1 is 1.47 bits per heavy atom. The molecule has 0 aromatic heterocycles. The summed E-state index contributed by atoms with van der Waals surface area (Å²) in [5.74, 6) is -0.807. The Hall–Kier alpha value is -1.62. The summed E-state index contributed by atoms with van der Waals surface area (Å²) < 4.78 is 18.5. The Morgan fingerprint density at radius 3 is 2.88 bits per heavy atom. The first-order valence-electron chi connectivity index (χ1n) is 5.51. The van der Waals surface area contributed by atoms with Crippen molar-refractivity contribution >= 4 is 5.91 Å². The molecule has 3 N–H and O–H groups in total. The van der Waals surface area contributed by atoms with E-state index in [1.165, 1.54) is 19.2 Å². The van der Waals surface area contributed by atoms with E-state index in [4.69, 9.17) is 10.5 Å². The van der Waals surface area contributed by atoms with E-state index in [0.717, 1.165) is 12.8 Å². The normalized spacial score (nSPS) is 10.1. The van der Waals surface area contributed by atoms with Gasteiger partial charge in [0.05, 0.1) is 7.11 Å². The van der Waals surface area contributed by atoms with E-state index in [1.807, 2.05) is 0 Å². The molecule has 0 aliphatic rings. The summed E-state index contributed by atoms with van der Waals surface area (Å²) in [4.78, 5) is 11.7. The highest BCUT2D eigenvalue weighted by Gasteiger charge is 2.16. The molecule has 1 amide bonds. The standard InChI is InChI=1S/C12H17FN2O2/c1-17-10-6-4-5-9(13)11(10)12(16)15-8-3-2-7-14/h4-6H,2-3,7-8,14H2,1H3,(H,15,16). The van der Waals surface area contributed by atoms with E-state index in [-0.39, 0.29) is 11.3 Å². The highest BCUT2D eigenvalue weighted by Crippen LogP contribution is 2.20. The first kappa shape index (κ1) is 13.4. The second-order valence-electron chi connectivity index (χ2n) is 3.57. The number of carbonyl (C=O) groups excluding carboxylic acids is 1. The van der Waals surface area contributed by atoms with Crippen molar-refractivity contribution in [2.24, 2.45) is 5.73 Å². The fourth-order valence-corrected chi connectivity index (χ4v) is 1.45. The molecule has 17 heavy (non-hydrogen) atoms. The van der Waals surface area contributed by atoms with Gasteiger partial charge in [-0.1, -0.05) is 6.07 Å². The van der Waals surface area contributed by atoms with Crippen molar-refractivity contribution in [3.05, 3.63) is 29.6 Å². The van der Waals surface area contributed by atoms with Crippen LogP contribution in [0, 0.1) is 5.82 Å². The van der Waals surface area contributed by atoms with Crippen molar-refractivity contribution in [1.29, 1.82) is 0 Å². The lowest BCUT2D eigenvalue weighted by molar-refractivity contribution is 0.0945. The van der Waals surface area contributed by atoms with Crippen LogP contribution >= 0.6 is 0 Å². The maximum Gasteiger partial charge on any atom is 0.258 e. The van der Waals surface area contributed by atoms with Crippen molar-refractivity contribution in [1.82, 2.24) is 5.32 Å². The smallest absolute Gasteiger partial charge is 0.258 e. The average molecular weight is 240 g/mol. The second kappa shape index (κ2) is 6.85. The van der Waals surface area contributed by atoms with Gasteiger partial charge in [-0.2, -0.15) is 0 Å². The maximum atomic E-state index is 13.5. The van der Waals surface area contributed by atoms with Crippen molar-refractivity contribution in [3.8, 4) is 5.75 Å². The summed E-state index contributed by atoms with van der Waals surface area (Å²) >= 11 is 0. The summed E-state index contributed by atoms with van der Waals surface area (Å²) in [5, 5.41) is 2.63. The van der Waals surface area contributed by atoms with Crippen molar-refractivity contribution in [2.45, 2.75) is 12.8 Å². The van der Waals surface area contributed by atoms with Crippen molar-refractivity contribution in [2.75, 3.05) is 20.2 Å². The molecule has 0 heterocycles. The number of rotatable bonds is 6. The Morgan fingerprint density at radius 2 is 2.24 bits per heavy atom. The van der Waals surface area contributed by atoms with Crippen LogP contribution < -0.4 is 15.8 Å². The number of carbonyl (C=O) groups is 1.